The van der Waals surface area contributed by atoms with Crippen LogP contribution < -0.4 is 9.64 Å². The van der Waals surface area contributed by atoms with Crippen LogP contribution in [0.2, 0.25) is 0 Å². The first kappa shape index (κ1) is 25.8. The predicted octanol–water partition coefficient (Wildman–Crippen LogP) is 6.54. The molecule has 0 spiro atoms. The summed E-state index contributed by atoms with van der Waals surface area (Å²) in [6, 6.07) is 21.8. The van der Waals surface area contributed by atoms with Crippen molar-refractivity contribution in [1.29, 1.82) is 0 Å². The fourth-order valence-electron chi connectivity index (χ4n) is 4.79. The lowest BCUT2D eigenvalue weighted by Crippen LogP contribution is -2.29. The van der Waals surface area contributed by atoms with Gasteiger partial charge < -0.3 is 9.84 Å². The van der Waals surface area contributed by atoms with Gasteiger partial charge in [-0.2, -0.15) is 0 Å². The molecule has 1 aromatic heterocycles. The highest BCUT2D eigenvalue weighted by atomic mass is 79.9. The van der Waals surface area contributed by atoms with Crippen molar-refractivity contribution < 1.29 is 19.4 Å². The summed E-state index contributed by atoms with van der Waals surface area (Å²) < 4.78 is 7.32. The summed E-state index contributed by atoms with van der Waals surface area (Å²) in [5.74, 6) is -0.282. The van der Waals surface area contributed by atoms with Gasteiger partial charge in [-0.1, -0.05) is 81.5 Å². The Hall–Kier alpha value is -3.47. The summed E-state index contributed by atoms with van der Waals surface area (Å²) in [5.41, 5.74) is 3.24. The maximum absolute atomic E-state index is 13.5. The molecule has 196 valence electrons. The van der Waals surface area contributed by atoms with E-state index in [4.69, 9.17) is 4.74 Å². The molecule has 2 aliphatic heterocycles. The molecular weight excluding hydrogens is 598 g/mol. The highest BCUT2D eigenvalue weighted by molar-refractivity contribution is 9.10. The molecule has 1 N–H and O–H groups in total. The van der Waals surface area contributed by atoms with Crippen molar-refractivity contribution in [1.82, 2.24) is 10.2 Å². The fraction of sp³-hybridized carbons (Fsp3) is 0.172. The third-order valence-corrected chi connectivity index (χ3v) is 9.26. The predicted molar refractivity (Wildman–Crippen MR) is 155 cm³/mol. The lowest BCUT2D eigenvalue weighted by molar-refractivity contribution is -0.132. The van der Waals surface area contributed by atoms with Crippen molar-refractivity contribution in [2.75, 3.05) is 4.90 Å². The summed E-state index contributed by atoms with van der Waals surface area (Å²) in [7, 11) is 0. The molecule has 3 heterocycles. The molecule has 2 atom stereocenters. The second-order valence-electron chi connectivity index (χ2n) is 9.30. The number of carbonyl (C=O) groups excluding carboxylic acids is 2. The normalized spacial score (nSPS) is 19.8. The van der Waals surface area contributed by atoms with E-state index < -0.39 is 17.7 Å². The molecule has 7 nitrogen and oxygen atoms in total. The minimum Gasteiger partial charge on any atom is -0.507 e. The first-order chi connectivity index (χ1) is 18.9. The molecule has 1 saturated heterocycles. The largest absolute Gasteiger partial charge is 0.507 e. The fourth-order valence-corrected chi connectivity index (χ4v) is 6.88. The van der Waals surface area contributed by atoms with Crippen LogP contribution in [0.4, 0.5) is 5.13 Å². The highest BCUT2D eigenvalue weighted by Crippen LogP contribution is 2.44. The number of ether oxygens (including phenoxy) is 1. The number of Topliss-reactive ketones (excluding diaryl/α,β-unsaturated/α-hetero) is 1. The van der Waals surface area contributed by atoms with Gasteiger partial charge in [0.1, 0.15) is 17.6 Å². The molecule has 0 saturated carbocycles. The first-order valence-corrected chi connectivity index (χ1v) is 14.8. The van der Waals surface area contributed by atoms with E-state index in [2.05, 4.69) is 26.1 Å². The van der Waals surface area contributed by atoms with Gasteiger partial charge in [0.25, 0.3) is 5.78 Å². The number of ketones is 1. The van der Waals surface area contributed by atoms with Crippen LogP contribution in [-0.4, -0.2) is 33.1 Å². The van der Waals surface area contributed by atoms with Crippen LogP contribution in [0.1, 0.15) is 35.2 Å². The number of aliphatic hydroxyl groups is 1. The van der Waals surface area contributed by atoms with E-state index in [1.54, 1.807) is 12.1 Å². The van der Waals surface area contributed by atoms with E-state index in [1.165, 1.54) is 28.0 Å². The van der Waals surface area contributed by atoms with Crippen LogP contribution in [-0.2, 0) is 21.8 Å². The van der Waals surface area contributed by atoms with Crippen LogP contribution in [0, 0.1) is 0 Å². The van der Waals surface area contributed by atoms with E-state index in [0.717, 1.165) is 21.3 Å². The van der Waals surface area contributed by atoms with Crippen molar-refractivity contribution in [3.63, 3.8) is 0 Å². The number of carbonyl (C=O) groups is 2. The number of fused-ring (bicyclic) bond motifs is 1. The van der Waals surface area contributed by atoms with Gasteiger partial charge in [0.05, 0.1) is 11.6 Å². The monoisotopic (exact) mass is 619 g/mol. The van der Waals surface area contributed by atoms with Crippen LogP contribution in [0.15, 0.2) is 87.2 Å². The van der Waals surface area contributed by atoms with Gasteiger partial charge in [0.2, 0.25) is 5.13 Å². The van der Waals surface area contributed by atoms with Crippen molar-refractivity contribution in [3.8, 4) is 5.75 Å². The first-order valence-electron chi connectivity index (χ1n) is 12.3. The number of amides is 1. The Kier molecular flexibility index (Phi) is 7.01. The highest BCUT2D eigenvalue weighted by Gasteiger charge is 2.48. The minimum atomic E-state index is -0.860. The van der Waals surface area contributed by atoms with E-state index in [1.807, 2.05) is 67.6 Å². The zero-order valence-electron chi connectivity index (χ0n) is 20.7. The summed E-state index contributed by atoms with van der Waals surface area (Å²) >= 11 is 6.21. The van der Waals surface area contributed by atoms with E-state index in [9.17, 15) is 14.7 Å². The topological polar surface area (TPSA) is 92.6 Å². The molecule has 0 radical (unpaired) electrons. The number of benzene rings is 3. The van der Waals surface area contributed by atoms with E-state index in [0.29, 0.717) is 32.8 Å². The van der Waals surface area contributed by atoms with Crippen LogP contribution in [0.5, 0.6) is 5.75 Å². The van der Waals surface area contributed by atoms with Crippen molar-refractivity contribution >= 4 is 61.6 Å². The maximum Gasteiger partial charge on any atom is 0.301 e. The number of hydrogen-bond donors (Lipinski definition) is 1. The third-order valence-electron chi connectivity index (χ3n) is 6.61. The molecule has 3 aromatic carbocycles. The molecule has 4 aromatic rings. The zero-order valence-corrected chi connectivity index (χ0v) is 23.9. The standard InChI is InChI=1S/C29H22BrN3O4S2/c1-16-13-20-14-19(9-12-22(20)37-16)25(34)23-24(18-7-10-21(30)11-8-18)33(27(36)26(23)35)28-31-32-29(39-28)38-15-17-5-3-2-4-6-17/h2-12,14,16,24,34H,13,15H2,1H3/b25-23+. The second kappa shape index (κ2) is 10.6. The average molecular weight is 621 g/mol. The summed E-state index contributed by atoms with van der Waals surface area (Å²) in [6.07, 6.45) is 0.742. The van der Waals surface area contributed by atoms with Gasteiger partial charge >= 0.3 is 5.91 Å². The van der Waals surface area contributed by atoms with Crippen molar-refractivity contribution in [2.45, 2.75) is 35.6 Å². The lowest BCUT2D eigenvalue weighted by atomic mass is 9.94. The quantitative estimate of drug-likeness (QED) is 0.0860. The number of hydrogen-bond acceptors (Lipinski definition) is 8. The number of rotatable bonds is 6. The number of thioether (sulfide) groups is 1. The Balaban J connectivity index is 1.39. The van der Waals surface area contributed by atoms with Gasteiger partial charge in [0.15, 0.2) is 4.34 Å². The molecule has 0 bridgehead atoms. The summed E-state index contributed by atoms with van der Waals surface area (Å²) in [6.45, 7) is 1.98. The molecule has 10 heteroatoms. The van der Waals surface area contributed by atoms with Crippen molar-refractivity contribution in [3.05, 3.63) is 105 Å². The smallest absolute Gasteiger partial charge is 0.301 e. The van der Waals surface area contributed by atoms with Crippen LogP contribution in [0.25, 0.3) is 5.76 Å². The van der Waals surface area contributed by atoms with E-state index >= 15 is 0 Å². The Labute approximate surface area is 241 Å². The lowest BCUT2D eigenvalue weighted by Gasteiger charge is -2.22. The van der Waals surface area contributed by atoms with Crippen LogP contribution >= 0.6 is 39.0 Å². The van der Waals surface area contributed by atoms with Gasteiger partial charge in [-0.25, -0.2) is 0 Å². The van der Waals surface area contributed by atoms with Gasteiger partial charge in [-0.3, -0.25) is 14.5 Å². The molecule has 2 unspecified atom stereocenters. The van der Waals surface area contributed by atoms with E-state index in [-0.39, 0.29) is 17.4 Å². The average Bonchev–Trinajstić information content (AvgIpc) is 3.63. The number of anilines is 1. The molecule has 1 amide bonds. The van der Waals surface area contributed by atoms with Gasteiger partial charge in [-0.05, 0) is 53.9 Å². The Morgan fingerprint density at radius 2 is 1.87 bits per heavy atom. The number of nitrogens with zero attached hydrogens (tertiary/aromatic N) is 3. The SMILES string of the molecule is CC1Cc2cc(/C(O)=C3\C(=O)C(=O)N(c4nnc(SCc5ccccc5)s4)C3c3ccc(Br)cc3)ccc2O1. The molecule has 39 heavy (non-hydrogen) atoms. The molecule has 6 rings (SSSR count). The number of aliphatic hydroxyl groups excluding tert-OH is 1. The zero-order chi connectivity index (χ0) is 27.1. The second-order valence-corrected chi connectivity index (χ2v) is 12.4. The maximum atomic E-state index is 13.5. The Morgan fingerprint density at radius 3 is 2.64 bits per heavy atom. The molecule has 1 fully saturated rings. The number of halogens is 1. The van der Waals surface area contributed by atoms with Gasteiger partial charge in [0, 0.05) is 22.2 Å². The third kappa shape index (κ3) is 4.99. The molecular formula is C29H22BrN3O4S2. The minimum absolute atomic E-state index is 0.0166. The van der Waals surface area contributed by atoms with Crippen LogP contribution in [0.3, 0.4) is 0 Å². The molecule has 2 aliphatic rings. The summed E-state index contributed by atoms with van der Waals surface area (Å²) in [4.78, 5) is 28.3. The van der Waals surface area contributed by atoms with Gasteiger partial charge in [-0.15, -0.1) is 10.2 Å². The summed E-state index contributed by atoms with van der Waals surface area (Å²) in [5, 5.41) is 20.3. The number of aromatic nitrogens is 2. The Morgan fingerprint density at radius 1 is 1.10 bits per heavy atom. The Bertz CT molecular complexity index is 1600. The molecule has 0 aliphatic carbocycles. The van der Waals surface area contributed by atoms with Crippen molar-refractivity contribution in [2.24, 2.45) is 0 Å².